The Kier molecular flexibility index (Phi) is 15.5. The predicted molar refractivity (Wildman–Crippen MR) is 291 cm³/mol. The van der Waals surface area contributed by atoms with Crippen molar-refractivity contribution in [3.63, 3.8) is 0 Å². The molecule has 0 N–H and O–H groups in total. The molecular formula is C60H48CoN8O2+. The van der Waals surface area contributed by atoms with Gasteiger partial charge in [-0.25, -0.2) is 9.97 Å². The molecule has 11 heteroatoms. The van der Waals surface area contributed by atoms with Crippen LogP contribution < -0.4 is 19.8 Å². The van der Waals surface area contributed by atoms with E-state index >= 15 is 0 Å². The summed E-state index contributed by atoms with van der Waals surface area (Å²) in [6, 6.07) is 64.2. The molecule has 3 aromatic heterocycles. The first-order chi connectivity index (χ1) is 34.3. The van der Waals surface area contributed by atoms with Crippen molar-refractivity contribution < 1.29 is 16.8 Å². The average Bonchev–Trinajstić information content (AvgIpc) is 4.27. The monoisotopic (exact) mass is 971 g/mol. The fourth-order valence-corrected chi connectivity index (χ4v) is 8.31. The summed E-state index contributed by atoms with van der Waals surface area (Å²) in [4.78, 5) is 45.2. The normalized spacial score (nSPS) is 11.0. The van der Waals surface area contributed by atoms with Gasteiger partial charge in [-0.3, -0.25) is 0 Å². The molecule has 0 saturated carbocycles. The van der Waals surface area contributed by atoms with Crippen LogP contribution in [0.15, 0.2) is 204 Å². The number of hydrogen-bond acceptors (Lipinski definition) is 8. The van der Waals surface area contributed by atoms with Crippen molar-refractivity contribution in [2.45, 2.75) is 0 Å². The fraction of sp³-hybridized carbons (Fsp3) is 0.0667. The molecule has 6 aromatic carbocycles. The Morgan fingerprint density at radius 3 is 0.789 bits per heavy atom. The molecule has 2 aliphatic heterocycles. The minimum atomic E-state index is 0. The van der Waals surface area contributed by atoms with Gasteiger partial charge in [0.15, 0.2) is 0 Å². The van der Waals surface area contributed by atoms with Gasteiger partial charge >= 0.3 is 16.8 Å². The molecule has 9 aromatic rings. The van der Waals surface area contributed by atoms with E-state index in [2.05, 4.69) is 156 Å². The molecule has 5 heterocycles. The largest absolute Gasteiger partial charge is 3.00 e. The summed E-state index contributed by atoms with van der Waals surface area (Å²) in [5, 5.41) is 5.60. The average molecular weight is 972 g/mol. The standard InChI is InChI=1S/C44H28N4.2C8H10N2O.Co/c1-5-13-29(14-6-1)41-33-21-23-35(45-33)42(30-15-7-2-8-16-30)37-25-27-39(47-37)44(32-19-11-4-12-20-32)40-28-26-38(48-40)43(31-17-9-3-10-18-31)36-24-22-34(41)46-36;2*1-10(2)8-5-3-7(9-11)4-6-8;/h1-28H;2*3-6H,1-2H3;/q-2;;;+3. The van der Waals surface area contributed by atoms with E-state index in [0.29, 0.717) is 11.4 Å². The molecular weight excluding hydrogens is 924 g/mol. The van der Waals surface area contributed by atoms with Crippen LogP contribution in [0, 0.1) is 9.81 Å². The smallest absolute Gasteiger partial charge is 0.657 e. The zero-order valence-electron chi connectivity index (χ0n) is 39.5. The van der Waals surface area contributed by atoms with E-state index in [1.54, 1.807) is 24.3 Å². The van der Waals surface area contributed by atoms with Crippen LogP contribution in [0.2, 0.25) is 0 Å². The van der Waals surface area contributed by atoms with Crippen molar-refractivity contribution in [3.8, 4) is 44.5 Å². The SMILES string of the molecule is C1=Cc2nc1c(-c1ccccc1)c1ccc([n-]1)c(-c1ccccc1)c1nc(c(-c3ccccc3)c3ccc([n-]3)c2-c2ccccc2)C=C1.CN(C)c1ccc(N=O)cc1.CN(C)c1ccc(N=O)cc1.[Co+3]. The number of fused-ring (bicyclic) bond motifs is 8. The number of aromatic nitrogens is 4. The number of nitrogens with zero attached hydrogens (tertiary/aromatic N) is 8. The second-order valence-electron chi connectivity index (χ2n) is 16.8. The van der Waals surface area contributed by atoms with E-state index in [4.69, 9.17) is 19.9 Å². The third-order valence-corrected chi connectivity index (χ3v) is 11.8. The molecule has 10 nitrogen and oxygen atoms in total. The van der Waals surface area contributed by atoms with Crippen LogP contribution in [-0.2, 0) is 16.8 Å². The van der Waals surface area contributed by atoms with Crippen molar-refractivity contribution in [2.24, 2.45) is 10.4 Å². The van der Waals surface area contributed by atoms with E-state index in [0.717, 1.165) is 101 Å². The molecule has 0 unspecified atom stereocenters. The molecule has 0 aliphatic carbocycles. The molecule has 348 valence electrons. The van der Waals surface area contributed by atoms with Crippen molar-refractivity contribution in [3.05, 3.63) is 227 Å². The van der Waals surface area contributed by atoms with E-state index in [1.165, 1.54) is 0 Å². The molecule has 0 atom stereocenters. The van der Waals surface area contributed by atoms with Gasteiger partial charge in [0.25, 0.3) is 0 Å². The molecule has 0 saturated heterocycles. The third kappa shape index (κ3) is 11.1. The second kappa shape index (κ2) is 22.6. The quantitative estimate of drug-likeness (QED) is 0.138. The fourth-order valence-electron chi connectivity index (χ4n) is 8.31. The number of nitroso groups, excluding NO2 is 2. The topological polar surface area (TPSA) is 119 Å². The van der Waals surface area contributed by atoms with Crippen LogP contribution in [0.25, 0.3) is 90.9 Å². The third-order valence-electron chi connectivity index (χ3n) is 11.8. The summed E-state index contributed by atoms with van der Waals surface area (Å²) in [6.07, 6.45) is 8.41. The Morgan fingerprint density at radius 2 is 0.577 bits per heavy atom. The molecule has 0 fully saturated rings. The summed E-state index contributed by atoms with van der Waals surface area (Å²) >= 11 is 0. The molecule has 11 rings (SSSR count). The maximum absolute atomic E-state index is 10.0. The van der Waals surface area contributed by atoms with Crippen LogP contribution in [-0.4, -0.2) is 38.2 Å². The zero-order chi connectivity index (χ0) is 48.4. The molecule has 2 aliphatic rings. The summed E-state index contributed by atoms with van der Waals surface area (Å²) in [5.74, 6) is 0. The Bertz CT molecular complexity index is 3090. The zero-order valence-corrected chi connectivity index (χ0v) is 40.6. The van der Waals surface area contributed by atoms with Crippen LogP contribution >= 0.6 is 0 Å². The van der Waals surface area contributed by atoms with Gasteiger partial charge in [0, 0.05) is 39.6 Å². The molecule has 71 heavy (non-hydrogen) atoms. The van der Waals surface area contributed by atoms with Crippen LogP contribution in [0.3, 0.4) is 0 Å². The Hall–Kier alpha value is -8.77. The maximum Gasteiger partial charge on any atom is 3.00 e. The predicted octanol–water partition coefficient (Wildman–Crippen LogP) is 14.9. The first kappa shape index (κ1) is 48.7. The number of benzene rings is 6. The van der Waals surface area contributed by atoms with E-state index in [-0.39, 0.29) is 16.8 Å². The van der Waals surface area contributed by atoms with Gasteiger partial charge < -0.3 is 19.8 Å². The van der Waals surface area contributed by atoms with E-state index in [9.17, 15) is 9.81 Å². The van der Waals surface area contributed by atoms with Crippen molar-refractivity contribution >= 4 is 69.1 Å². The van der Waals surface area contributed by atoms with Gasteiger partial charge in [-0.1, -0.05) is 146 Å². The maximum atomic E-state index is 10.0. The van der Waals surface area contributed by atoms with Gasteiger partial charge in [0.05, 0.1) is 22.8 Å². The minimum Gasteiger partial charge on any atom is -0.657 e. The first-order valence-electron chi connectivity index (χ1n) is 22.8. The van der Waals surface area contributed by atoms with Crippen LogP contribution in [0.4, 0.5) is 22.7 Å². The summed E-state index contributed by atoms with van der Waals surface area (Å²) < 4.78 is 0. The summed E-state index contributed by atoms with van der Waals surface area (Å²) in [6.45, 7) is 0. The second-order valence-corrected chi connectivity index (χ2v) is 16.8. The number of anilines is 2. The molecule has 0 radical (unpaired) electrons. The molecule has 8 bridgehead atoms. The van der Waals surface area contributed by atoms with Crippen LogP contribution in [0.1, 0.15) is 22.8 Å². The van der Waals surface area contributed by atoms with Gasteiger partial charge in [-0.05, 0) is 128 Å². The summed E-state index contributed by atoms with van der Waals surface area (Å²) in [7, 11) is 7.79. The first-order valence-corrected chi connectivity index (χ1v) is 22.8. The molecule has 0 spiro atoms. The van der Waals surface area contributed by atoms with Crippen molar-refractivity contribution in [1.29, 1.82) is 0 Å². The molecule has 0 amide bonds. The Balaban J connectivity index is 0.000000243. The Morgan fingerprint density at radius 1 is 0.338 bits per heavy atom. The van der Waals surface area contributed by atoms with E-state index in [1.807, 2.05) is 86.5 Å². The van der Waals surface area contributed by atoms with Crippen LogP contribution in [0.5, 0.6) is 0 Å². The van der Waals surface area contributed by atoms with E-state index < -0.39 is 0 Å². The number of rotatable bonds is 8. The van der Waals surface area contributed by atoms with Crippen molar-refractivity contribution in [2.75, 3.05) is 38.0 Å². The van der Waals surface area contributed by atoms with Crippen molar-refractivity contribution in [1.82, 2.24) is 19.9 Å². The minimum absolute atomic E-state index is 0. The van der Waals surface area contributed by atoms with Gasteiger partial charge in [-0.15, -0.1) is 31.9 Å². The van der Waals surface area contributed by atoms with Gasteiger partial charge in [0.2, 0.25) is 0 Å². The number of hydrogen-bond donors (Lipinski definition) is 0. The Labute approximate surface area is 423 Å². The van der Waals surface area contributed by atoms with Gasteiger partial charge in [0.1, 0.15) is 11.4 Å². The van der Waals surface area contributed by atoms with Gasteiger partial charge in [-0.2, -0.15) is 0 Å². The summed E-state index contributed by atoms with van der Waals surface area (Å²) in [5.41, 5.74) is 18.1.